The summed E-state index contributed by atoms with van der Waals surface area (Å²) in [6.07, 6.45) is 5.73. The van der Waals surface area contributed by atoms with Crippen LogP contribution in [0.15, 0.2) is 0 Å². The first kappa shape index (κ1) is 17.0. The molecule has 1 saturated heterocycles. The normalized spacial score (nSPS) is 24.0. The molecule has 0 aromatic carbocycles. The zero-order valence-corrected chi connectivity index (χ0v) is 10.9. The van der Waals surface area contributed by atoms with Crippen LogP contribution in [0.25, 0.3) is 0 Å². The van der Waals surface area contributed by atoms with Crippen LogP contribution >= 0.6 is 7.81 Å². The van der Waals surface area contributed by atoms with Crippen molar-refractivity contribution < 1.29 is 30.1 Å². The van der Waals surface area contributed by atoms with E-state index in [0.717, 1.165) is 6.04 Å². The monoisotopic (exact) mass is 287 g/mol. The number of rotatable bonds is 2. The van der Waals surface area contributed by atoms with Crippen molar-refractivity contribution in [2.45, 2.75) is 45.6 Å². The van der Waals surface area contributed by atoms with E-state index in [9.17, 15) is 25.2 Å². The van der Waals surface area contributed by atoms with Crippen molar-refractivity contribution in [2.24, 2.45) is 0 Å². The third-order valence-corrected chi connectivity index (χ3v) is 2.81. The van der Waals surface area contributed by atoms with Crippen LogP contribution in [0.3, 0.4) is 0 Å². The third-order valence-electron chi connectivity index (χ3n) is 2.81. The van der Waals surface area contributed by atoms with Gasteiger partial charge in [-0.3, -0.25) is 0 Å². The number of piperidine rings is 1. The number of hydrogen-bond acceptors (Lipinski definition) is 0. The second-order valence-electron chi connectivity index (χ2n) is 4.49. The van der Waals surface area contributed by atoms with E-state index in [0.29, 0.717) is 0 Å². The molecule has 1 aliphatic rings. The maximum atomic E-state index is 9.87. The molecule has 1 unspecified atom stereocenters. The second-order valence-corrected chi connectivity index (χ2v) is 6.40. The van der Waals surface area contributed by atoms with Crippen molar-refractivity contribution in [1.82, 2.24) is 0 Å². The van der Waals surface area contributed by atoms with Crippen LogP contribution in [0, 0.1) is 0 Å². The Balaban J connectivity index is 0.000000325. The molecule has 1 fully saturated rings. The molecule has 17 heavy (non-hydrogen) atoms. The van der Waals surface area contributed by atoms with Crippen LogP contribution in [0.4, 0.5) is 25.2 Å². The summed E-state index contributed by atoms with van der Waals surface area (Å²) in [4.78, 5) is 1.84. The summed E-state index contributed by atoms with van der Waals surface area (Å²) < 4.78 is 59.2. The van der Waals surface area contributed by atoms with Crippen molar-refractivity contribution in [1.29, 1.82) is 0 Å². The molecule has 108 valence electrons. The summed E-state index contributed by atoms with van der Waals surface area (Å²) in [6.45, 7) is 7.52. The fraction of sp³-hybridized carbons (Fsp3) is 1.00. The fourth-order valence-electron chi connectivity index (χ4n) is 1.79. The summed E-state index contributed by atoms with van der Waals surface area (Å²) in [5.74, 6) is 0. The first-order chi connectivity index (χ1) is 7.29. The molecule has 0 aromatic heterocycles. The van der Waals surface area contributed by atoms with E-state index in [-0.39, 0.29) is 0 Å². The van der Waals surface area contributed by atoms with E-state index in [1.807, 2.05) is 4.90 Å². The molecule has 0 aromatic rings. The van der Waals surface area contributed by atoms with Gasteiger partial charge in [-0.15, -0.1) is 0 Å². The van der Waals surface area contributed by atoms with Gasteiger partial charge in [0.25, 0.3) is 0 Å². The molecule has 1 rings (SSSR count). The molecule has 0 aliphatic carbocycles. The van der Waals surface area contributed by atoms with Gasteiger partial charge in [-0.05, 0) is 32.6 Å². The quantitative estimate of drug-likeness (QED) is 0.572. The molecular weight excluding hydrogens is 267 g/mol. The Morgan fingerprint density at radius 1 is 0.941 bits per heavy atom. The van der Waals surface area contributed by atoms with E-state index >= 15 is 0 Å². The number of hydrogen-bond donors (Lipinski definition) is 1. The number of likely N-dealkylation sites (tertiary alicyclic amines) is 1. The van der Waals surface area contributed by atoms with Gasteiger partial charge in [-0.2, -0.15) is 0 Å². The van der Waals surface area contributed by atoms with Crippen LogP contribution < -0.4 is 4.90 Å². The van der Waals surface area contributed by atoms with Gasteiger partial charge in [0.15, 0.2) is 0 Å². The molecule has 1 N–H and O–H groups in total. The van der Waals surface area contributed by atoms with Crippen molar-refractivity contribution >= 4 is 7.81 Å². The zero-order chi connectivity index (χ0) is 13.8. The van der Waals surface area contributed by atoms with Crippen LogP contribution in [0.1, 0.15) is 39.5 Å². The molecular formula is C9H20F6NP. The standard InChI is InChI=1S/C9H19N.F6P/c1-3-9(2)10-7-5-4-6-8-10;1-7(2,3,4,5)6/h9H,3-8H2,1-2H3;/q;-1/p+1. The Kier molecular flexibility index (Phi) is 4.91. The summed E-state index contributed by atoms with van der Waals surface area (Å²) in [5.41, 5.74) is 0. The Bertz CT molecular complexity index is 218. The average Bonchev–Trinajstić information content (AvgIpc) is 2.13. The molecule has 1 nitrogen and oxygen atoms in total. The van der Waals surface area contributed by atoms with Gasteiger partial charge in [-0.1, -0.05) is 6.92 Å². The van der Waals surface area contributed by atoms with Crippen molar-refractivity contribution in [3.8, 4) is 0 Å². The Morgan fingerprint density at radius 2 is 1.29 bits per heavy atom. The van der Waals surface area contributed by atoms with Gasteiger partial charge in [0.2, 0.25) is 0 Å². The molecule has 0 amide bonds. The van der Waals surface area contributed by atoms with Gasteiger partial charge in [0.1, 0.15) is 0 Å². The molecule has 1 heterocycles. The van der Waals surface area contributed by atoms with E-state index < -0.39 is 7.81 Å². The second kappa shape index (κ2) is 4.92. The third kappa shape index (κ3) is 16.0. The molecule has 0 radical (unpaired) electrons. The molecule has 1 aliphatic heterocycles. The number of halogens is 6. The van der Waals surface area contributed by atoms with Gasteiger partial charge in [-0.25, -0.2) is 0 Å². The summed E-state index contributed by atoms with van der Waals surface area (Å²) >= 11 is 0. The van der Waals surface area contributed by atoms with Crippen LogP contribution in [-0.2, 0) is 0 Å². The SMILES string of the molecule is CCC(C)[NH+]1CCCCC1.F[P-](F)(F)(F)(F)F. The number of quaternary nitrogens is 1. The van der Waals surface area contributed by atoms with Crippen molar-refractivity contribution in [3.05, 3.63) is 0 Å². The first-order valence-corrected chi connectivity index (χ1v) is 7.73. The predicted molar refractivity (Wildman–Crippen MR) is 57.9 cm³/mol. The molecule has 0 saturated carbocycles. The van der Waals surface area contributed by atoms with E-state index in [1.54, 1.807) is 0 Å². The van der Waals surface area contributed by atoms with Crippen LogP contribution in [0.2, 0.25) is 0 Å². The topological polar surface area (TPSA) is 4.44 Å². The molecule has 0 spiro atoms. The Hall–Kier alpha value is -0.0300. The molecule has 1 atom stereocenters. The van der Waals surface area contributed by atoms with Gasteiger partial charge < -0.3 is 4.90 Å². The van der Waals surface area contributed by atoms with E-state index in [4.69, 9.17) is 0 Å². The molecule has 0 bridgehead atoms. The average molecular weight is 287 g/mol. The van der Waals surface area contributed by atoms with Gasteiger partial charge in [0.05, 0.1) is 19.1 Å². The Morgan fingerprint density at radius 3 is 1.59 bits per heavy atom. The van der Waals surface area contributed by atoms with Gasteiger partial charge in [0, 0.05) is 0 Å². The van der Waals surface area contributed by atoms with Crippen molar-refractivity contribution in [2.75, 3.05) is 13.1 Å². The Labute approximate surface area is 97.4 Å². The molecule has 8 heteroatoms. The number of nitrogens with one attached hydrogen (secondary N) is 1. The fourth-order valence-corrected chi connectivity index (χ4v) is 1.79. The van der Waals surface area contributed by atoms with Crippen LogP contribution in [0.5, 0.6) is 0 Å². The van der Waals surface area contributed by atoms with Crippen molar-refractivity contribution in [3.63, 3.8) is 0 Å². The maximum absolute atomic E-state index is 10.7. The zero-order valence-electron chi connectivity index (χ0n) is 10.0. The van der Waals surface area contributed by atoms with Crippen LogP contribution in [-0.4, -0.2) is 19.1 Å². The predicted octanol–water partition coefficient (Wildman–Crippen LogP) is 4.24. The minimum absolute atomic E-state index is 0.903. The van der Waals surface area contributed by atoms with E-state index in [2.05, 4.69) is 13.8 Å². The summed E-state index contributed by atoms with van der Waals surface area (Å²) in [6, 6.07) is 0.903. The minimum atomic E-state index is -10.7. The summed E-state index contributed by atoms with van der Waals surface area (Å²) in [5, 5.41) is 0. The van der Waals surface area contributed by atoms with Gasteiger partial charge >= 0.3 is 33.0 Å². The first-order valence-electron chi connectivity index (χ1n) is 5.70. The van der Waals surface area contributed by atoms with E-state index in [1.165, 1.54) is 38.8 Å². The summed E-state index contributed by atoms with van der Waals surface area (Å²) in [7, 11) is -10.7.